The smallest absolute Gasteiger partial charge is 0.302 e. The number of ether oxygens (including phenoxy) is 1. The Kier molecular flexibility index (Phi) is 6.77. The van der Waals surface area contributed by atoms with Crippen LogP contribution in [0.3, 0.4) is 0 Å². The minimum Gasteiger partial charge on any atom is -0.461 e. The highest BCUT2D eigenvalue weighted by atomic mass is 16.5. The van der Waals surface area contributed by atoms with E-state index in [4.69, 9.17) is 4.74 Å². The third-order valence-electron chi connectivity index (χ3n) is 4.76. The first-order valence-corrected chi connectivity index (χ1v) is 8.93. The number of nitrogens with zero attached hydrogens (tertiary/aromatic N) is 1. The highest BCUT2D eigenvalue weighted by molar-refractivity contribution is 5.66. The van der Waals surface area contributed by atoms with Gasteiger partial charge >= 0.3 is 5.97 Å². The third-order valence-corrected chi connectivity index (χ3v) is 4.76. The minimum atomic E-state index is -0.368. The van der Waals surface area contributed by atoms with Crippen molar-refractivity contribution in [2.75, 3.05) is 20.6 Å². The van der Waals surface area contributed by atoms with Crippen LogP contribution in [-0.2, 0) is 14.9 Å². The predicted molar refractivity (Wildman–Crippen MR) is 103 cm³/mol. The van der Waals surface area contributed by atoms with Crippen molar-refractivity contribution < 1.29 is 9.53 Å². The summed E-state index contributed by atoms with van der Waals surface area (Å²) < 4.78 is 5.85. The number of benzene rings is 2. The van der Waals surface area contributed by atoms with Gasteiger partial charge in [-0.3, -0.25) is 4.79 Å². The maximum Gasteiger partial charge on any atom is 0.302 e. The maximum atomic E-state index is 11.8. The Labute approximate surface area is 151 Å². The van der Waals surface area contributed by atoms with E-state index in [-0.39, 0.29) is 17.5 Å². The number of carbonyl (C=O) groups is 1. The lowest BCUT2D eigenvalue weighted by Crippen LogP contribution is -2.45. The molecule has 0 saturated carbocycles. The van der Waals surface area contributed by atoms with Crippen LogP contribution in [0.25, 0.3) is 0 Å². The van der Waals surface area contributed by atoms with Gasteiger partial charge in [-0.05, 0) is 44.6 Å². The summed E-state index contributed by atoms with van der Waals surface area (Å²) in [5, 5.41) is 0. The molecule has 1 unspecified atom stereocenters. The van der Waals surface area contributed by atoms with Gasteiger partial charge in [0.1, 0.15) is 6.10 Å². The molecular formula is C22H29NO2. The quantitative estimate of drug-likeness (QED) is 0.673. The Bertz CT molecular complexity index is 613. The Morgan fingerprint density at radius 1 is 1.00 bits per heavy atom. The summed E-state index contributed by atoms with van der Waals surface area (Å²) in [4.78, 5) is 14.0. The molecule has 3 heteroatoms. The molecule has 0 radical (unpaired) electrons. The lowest BCUT2D eigenvalue weighted by molar-refractivity contribution is -0.149. The lowest BCUT2D eigenvalue weighted by Gasteiger charge is -2.41. The molecular weight excluding hydrogens is 310 g/mol. The summed E-state index contributed by atoms with van der Waals surface area (Å²) in [6.07, 6.45) is 1.42. The molecule has 0 heterocycles. The Hall–Kier alpha value is -2.13. The summed E-state index contributed by atoms with van der Waals surface area (Å²) >= 11 is 0. The molecule has 134 valence electrons. The maximum absolute atomic E-state index is 11.8. The van der Waals surface area contributed by atoms with Crippen molar-refractivity contribution in [2.45, 2.75) is 38.2 Å². The highest BCUT2D eigenvalue weighted by Crippen LogP contribution is 2.41. The molecule has 1 atom stereocenters. The summed E-state index contributed by atoms with van der Waals surface area (Å²) in [5.74, 6) is -0.229. The van der Waals surface area contributed by atoms with Gasteiger partial charge in [-0.15, -0.1) is 0 Å². The van der Waals surface area contributed by atoms with Gasteiger partial charge in [0.25, 0.3) is 0 Å². The zero-order chi connectivity index (χ0) is 18.3. The molecule has 0 amide bonds. The molecule has 3 nitrogen and oxygen atoms in total. The summed E-state index contributed by atoms with van der Waals surface area (Å²) in [6.45, 7) is 4.49. The normalized spacial score (nSPS) is 12.8. The fraction of sp³-hybridized carbons (Fsp3) is 0.409. The SMILES string of the molecule is CCC(OC(C)=O)C(CCN(C)C)(c1ccccc1)c1ccccc1. The van der Waals surface area contributed by atoms with Crippen molar-refractivity contribution in [1.82, 2.24) is 4.90 Å². The van der Waals surface area contributed by atoms with Crippen molar-refractivity contribution in [3.63, 3.8) is 0 Å². The Balaban J connectivity index is 2.65. The van der Waals surface area contributed by atoms with E-state index in [1.165, 1.54) is 18.1 Å². The molecule has 0 bridgehead atoms. The monoisotopic (exact) mass is 339 g/mol. The molecule has 0 saturated heterocycles. The second kappa shape index (κ2) is 8.82. The van der Waals surface area contributed by atoms with E-state index in [2.05, 4.69) is 74.4 Å². The highest BCUT2D eigenvalue weighted by Gasteiger charge is 2.43. The number of rotatable bonds is 8. The van der Waals surface area contributed by atoms with Crippen LogP contribution in [0.4, 0.5) is 0 Å². The third kappa shape index (κ3) is 4.49. The van der Waals surface area contributed by atoms with Gasteiger partial charge in [-0.2, -0.15) is 0 Å². The average Bonchev–Trinajstić information content (AvgIpc) is 2.62. The number of hydrogen-bond donors (Lipinski definition) is 0. The molecule has 0 spiro atoms. The zero-order valence-electron chi connectivity index (χ0n) is 15.7. The number of carbonyl (C=O) groups excluding carboxylic acids is 1. The molecule has 2 aromatic carbocycles. The number of esters is 1. The first-order chi connectivity index (χ1) is 12.0. The summed E-state index contributed by atoms with van der Waals surface area (Å²) in [5.41, 5.74) is 2.01. The van der Waals surface area contributed by atoms with Gasteiger partial charge in [-0.25, -0.2) is 0 Å². The number of hydrogen-bond acceptors (Lipinski definition) is 3. The molecule has 0 fully saturated rings. The van der Waals surface area contributed by atoms with E-state index in [9.17, 15) is 4.79 Å². The van der Waals surface area contributed by atoms with Crippen LogP contribution in [0.1, 0.15) is 37.8 Å². The van der Waals surface area contributed by atoms with Gasteiger partial charge in [0, 0.05) is 6.92 Å². The van der Waals surface area contributed by atoms with Crippen LogP contribution in [0.5, 0.6) is 0 Å². The molecule has 0 N–H and O–H groups in total. The van der Waals surface area contributed by atoms with Crippen LogP contribution in [0, 0.1) is 0 Å². The molecule has 0 aliphatic rings. The van der Waals surface area contributed by atoms with Gasteiger partial charge < -0.3 is 9.64 Å². The molecule has 0 aliphatic heterocycles. The van der Waals surface area contributed by atoms with Crippen LogP contribution in [0.15, 0.2) is 60.7 Å². The van der Waals surface area contributed by atoms with E-state index in [0.29, 0.717) is 0 Å². The van der Waals surface area contributed by atoms with Crippen molar-refractivity contribution in [2.24, 2.45) is 0 Å². The van der Waals surface area contributed by atoms with Crippen molar-refractivity contribution in [1.29, 1.82) is 0 Å². The second-order valence-electron chi connectivity index (χ2n) is 6.76. The van der Waals surface area contributed by atoms with Gasteiger partial charge in [-0.1, -0.05) is 67.6 Å². The lowest BCUT2D eigenvalue weighted by atomic mass is 9.67. The van der Waals surface area contributed by atoms with Crippen molar-refractivity contribution in [3.8, 4) is 0 Å². The van der Waals surface area contributed by atoms with E-state index < -0.39 is 0 Å². The molecule has 0 aromatic heterocycles. The van der Waals surface area contributed by atoms with Gasteiger partial charge in [0.05, 0.1) is 5.41 Å². The zero-order valence-corrected chi connectivity index (χ0v) is 15.7. The van der Waals surface area contributed by atoms with Crippen LogP contribution in [0.2, 0.25) is 0 Å². The van der Waals surface area contributed by atoms with E-state index >= 15 is 0 Å². The van der Waals surface area contributed by atoms with Crippen molar-refractivity contribution in [3.05, 3.63) is 71.8 Å². The first kappa shape index (κ1) is 19.2. The average molecular weight is 339 g/mol. The molecule has 0 aliphatic carbocycles. The molecule has 25 heavy (non-hydrogen) atoms. The standard InChI is InChI=1S/C22H29NO2/c1-5-21(25-18(2)24)22(16-17-23(3)4,19-12-8-6-9-13-19)20-14-10-7-11-15-20/h6-15,21H,5,16-17H2,1-4H3. The van der Waals surface area contributed by atoms with Crippen LogP contribution < -0.4 is 0 Å². The largest absolute Gasteiger partial charge is 0.461 e. The Morgan fingerprint density at radius 2 is 1.48 bits per heavy atom. The van der Waals surface area contributed by atoms with Crippen LogP contribution >= 0.6 is 0 Å². The fourth-order valence-electron chi connectivity index (χ4n) is 3.59. The molecule has 2 aromatic rings. The topological polar surface area (TPSA) is 29.5 Å². The summed E-state index contributed by atoms with van der Waals surface area (Å²) in [6, 6.07) is 20.9. The molecule has 2 rings (SSSR count). The van der Waals surface area contributed by atoms with Crippen molar-refractivity contribution >= 4 is 5.97 Å². The predicted octanol–water partition coefficient (Wildman–Crippen LogP) is 4.27. The van der Waals surface area contributed by atoms with E-state index in [0.717, 1.165) is 19.4 Å². The van der Waals surface area contributed by atoms with Gasteiger partial charge in [0.2, 0.25) is 0 Å². The van der Waals surface area contributed by atoms with E-state index in [1.807, 2.05) is 12.1 Å². The second-order valence-corrected chi connectivity index (χ2v) is 6.76. The van der Waals surface area contributed by atoms with E-state index in [1.54, 1.807) is 0 Å². The fourth-order valence-corrected chi connectivity index (χ4v) is 3.59. The summed E-state index contributed by atoms with van der Waals surface area (Å²) in [7, 11) is 4.15. The first-order valence-electron chi connectivity index (χ1n) is 8.93. The van der Waals surface area contributed by atoms with Crippen LogP contribution in [-0.4, -0.2) is 37.6 Å². The minimum absolute atomic E-state index is 0.213. The van der Waals surface area contributed by atoms with Gasteiger partial charge in [0.15, 0.2) is 0 Å². The Morgan fingerprint density at radius 3 is 1.84 bits per heavy atom.